The molecule has 0 radical (unpaired) electrons. The fraction of sp³-hybridized carbons (Fsp3) is 0.538. The van der Waals surface area contributed by atoms with E-state index in [-0.39, 0.29) is 11.3 Å². The Hall–Kier alpha value is -1.83. The Balaban J connectivity index is 2.28. The van der Waals surface area contributed by atoms with Crippen LogP contribution in [0.2, 0.25) is 0 Å². The molecule has 1 aliphatic rings. The van der Waals surface area contributed by atoms with Gasteiger partial charge in [-0.1, -0.05) is 6.92 Å². The maximum Gasteiger partial charge on any atom is 0.327 e. The number of amides is 1. The molecule has 114 valence electrons. The molecule has 1 atom stereocenters. The van der Waals surface area contributed by atoms with Crippen LogP contribution in [-0.4, -0.2) is 55.8 Å². The molecule has 8 heteroatoms. The number of aryl methyl sites for hydroxylation is 1. The van der Waals surface area contributed by atoms with E-state index < -0.39 is 17.9 Å². The third-order valence-corrected chi connectivity index (χ3v) is 4.22. The molecule has 1 fully saturated rings. The first-order chi connectivity index (χ1) is 10.0. The topological polar surface area (TPSA) is 92.5 Å². The van der Waals surface area contributed by atoms with Gasteiger partial charge in [0.1, 0.15) is 11.7 Å². The largest absolute Gasteiger partial charge is 0.480 e. The summed E-state index contributed by atoms with van der Waals surface area (Å²) < 4.78 is 1.24. The summed E-state index contributed by atoms with van der Waals surface area (Å²) in [6, 6.07) is 1.81. The molecule has 0 saturated carbocycles. The van der Waals surface area contributed by atoms with E-state index in [0.717, 1.165) is 6.42 Å². The first-order valence-corrected chi connectivity index (χ1v) is 7.89. The fourth-order valence-corrected chi connectivity index (χ4v) is 3.17. The summed E-state index contributed by atoms with van der Waals surface area (Å²) in [5.74, 6) is -0.384. The monoisotopic (exact) mass is 311 g/mol. The van der Waals surface area contributed by atoms with Crippen LogP contribution in [0.1, 0.15) is 23.8 Å². The van der Waals surface area contributed by atoms with Crippen molar-refractivity contribution in [3.8, 4) is 0 Å². The van der Waals surface area contributed by atoms with E-state index in [1.54, 1.807) is 0 Å². The molecular weight excluding hydrogens is 294 g/mol. The van der Waals surface area contributed by atoms with E-state index in [2.05, 4.69) is 5.10 Å². The summed E-state index contributed by atoms with van der Waals surface area (Å²) in [7, 11) is 0. The van der Waals surface area contributed by atoms with Crippen molar-refractivity contribution in [2.45, 2.75) is 25.9 Å². The van der Waals surface area contributed by atoms with Crippen LogP contribution in [0.3, 0.4) is 0 Å². The molecule has 1 aliphatic heterocycles. The second-order valence-electron chi connectivity index (χ2n) is 4.71. The number of hydrogen-bond acceptors (Lipinski definition) is 5. The first kappa shape index (κ1) is 15.6. The number of carbonyl (C=O) groups is 2. The maximum atomic E-state index is 12.5. The number of rotatable bonds is 4. The third-order valence-electron chi connectivity index (χ3n) is 3.20. The van der Waals surface area contributed by atoms with Gasteiger partial charge in [0.25, 0.3) is 11.5 Å². The van der Waals surface area contributed by atoms with Gasteiger partial charge in [-0.15, -0.1) is 0 Å². The van der Waals surface area contributed by atoms with Gasteiger partial charge in [0.2, 0.25) is 0 Å². The number of aromatic nitrogens is 2. The first-order valence-electron chi connectivity index (χ1n) is 6.74. The van der Waals surface area contributed by atoms with Gasteiger partial charge in [-0.2, -0.15) is 16.9 Å². The van der Waals surface area contributed by atoms with Crippen molar-refractivity contribution in [2.24, 2.45) is 0 Å². The van der Waals surface area contributed by atoms with Gasteiger partial charge in [-0.3, -0.25) is 9.59 Å². The number of nitrogens with zero attached hydrogens (tertiary/aromatic N) is 3. The van der Waals surface area contributed by atoms with E-state index in [1.807, 2.05) is 6.92 Å². The summed E-state index contributed by atoms with van der Waals surface area (Å²) in [6.45, 7) is 2.71. The quantitative estimate of drug-likeness (QED) is 0.859. The van der Waals surface area contributed by atoms with Gasteiger partial charge in [-0.25, -0.2) is 9.48 Å². The van der Waals surface area contributed by atoms with Crippen LogP contribution in [0.15, 0.2) is 16.9 Å². The van der Waals surface area contributed by atoms with Gasteiger partial charge >= 0.3 is 5.97 Å². The lowest BCUT2D eigenvalue weighted by atomic mass is 10.2. The lowest BCUT2D eigenvalue weighted by Gasteiger charge is -2.32. The molecule has 0 spiro atoms. The SMILES string of the molecule is CCCn1nc(C(=O)N2CCSCC2C(=O)O)ccc1=O. The zero-order valence-electron chi connectivity index (χ0n) is 11.7. The van der Waals surface area contributed by atoms with Crippen molar-refractivity contribution in [3.05, 3.63) is 28.2 Å². The van der Waals surface area contributed by atoms with Gasteiger partial charge < -0.3 is 10.0 Å². The van der Waals surface area contributed by atoms with Crippen LogP contribution in [0.4, 0.5) is 0 Å². The number of carboxylic acid groups (broad SMARTS) is 1. The number of carboxylic acids is 1. The normalized spacial score (nSPS) is 18.5. The standard InChI is InChI=1S/C13H17N3O4S/c1-2-5-16-11(17)4-3-9(14-16)12(18)15-6-7-21-8-10(15)13(19)20/h3-4,10H,2,5-8H2,1H3,(H,19,20). The Morgan fingerprint density at radius 3 is 2.90 bits per heavy atom. The molecule has 7 nitrogen and oxygen atoms in total. The van der Waals surface area contributed by atoms with E-state index in [9.17, 15) is 19.5 Å². The predicted octanol–water partition coefficient (Wildman–Crippen LogP) is 0.295. The molecule has 2 heterocycles. The maximum absolute atomic E-state index is 12.5. The molecule has 0 aromatic carbocycles. The molecule has 0 aliphatic carbocycles. The lowest BCUT2D eigenvalue weighted by molar-refractivity contribution is -0.141. The molecule has 1 N–H and O–H groups in total. The molecule has 1 amide bonds. The van der Waals surface area contributed by atoms with Crippen LogP contribution < -0.4 is 5.56 Å². The van der Waals surface area contributed by atoms with Crippen LogP contribution in [-0.2, 0) is 11.3 Å². The van der Waals surface area contributed by atoms with Gasteiger partial charge in [0.05, 0.1) is 0 Å². The zero-order chi connectivity index (χ0) is 15.4. The van der Waals surface area contributed by atoms with Crippen molar-refractivity contribution >= 4 is 23.6 Å². The molecule has 2 rings (SSSR count). The van der Waals surface area contributed by atoms with E-state index >= 15 is 0 Å². The minimum absolute atomic E-state index is 0.112. The van der Waals surface area contributed by atoms with Crippen molar-refractivity contribution in [1.29, 1.82) is 0 Å². The smallest absolute Gasteiger partial charge is 0.327 e. The van der Waals surface area contributed by atoms with E-state index in [4.69, 9.17) is 0 Å². The summed E-state index contributed by atoms with van der Waals surface area (Å²) in [4.78, 5) is 36.6. The van der Waals surface area contributed by atoms with E-state index in [0.29, 0.717) is 24.6 Å². The number of hydrogen-bond donors (Lipinski definition) is 1. The average Bonchev–Trinajstić information content (AvgIpc) is 2.49. The second-order valence-corrected chi connectivity index (χ2v) is 5.86. The van der Waals surface area contributed by atoms with Crippen LogP contribution in [0, 0.1) is 0 Å². The number of aliphatic carboxylic acids is 1. The molecule has 1 saturated heterocycles. The highest BCUT2D eigenvalue weighted by Gasteiger charge is 2.33. The highest BCUT2D eigenvalue weighted by Crippen LogP contribution is 2.18. The Bertz CT molecular complexity index is 601. The Morgan fingerprint density at radius 2 is 2.24 bits per heavy atom. The molecule has 1 aromatic rings. The van der Waals surface area contributed by atoms with Gasteiger partial charge in [0, 0.05) is 30.7 Å². The summed E-state index contributed by atoms with van der Waals surface area (Å²) in [5.41, 5.74) is -0.154. The molecule has 1 aromatic heterocycles. The Kier molecular flexibility index (Phi) is 5.00. The average molecular weight is 311 g/mol. The van der Waals surface area contributed by atoms with Crippen LogP contribution >= 0.6 is 11.8 Å². The van der Waals surface area contributed by atoms with Gasteiger partial charge in [0.15, 0.2) is 0 Å². The minimum atomic E-state index is -1.02. The predicted molar refractivity (Wildman–Crippen MR) is 78.6 cm³/mol. The van der Waals surface area contributed by atoms with Crippen molar-refractivity contribution < 1.29 is 14.7 Å². The Labute approximate surface area is 125 Å². The molecule has 21 heavy (non-hydrogen) atoms. The number of carbonyl (C=O) groups excluding carboxylic acids is 1. The number of thioether (sulfide) groups is 1. The minimum Gasteiger partial charge on any atom is -0.480 e. The third kappa shape index (κ3) is 3.44. The molecule has 0 bridgehead atoms. The van der Waals surface area contributed by atoms with Crippen molar-refractivity contribution in [1.82, 2.24) is 14.7 Å². The molecular formula is C13H17N3O4S. The summed E-state index contributed by atoms with van der Waals surface area (Å²) in [6.07, 6.45) is 0.725. The summed E-state index contributed by atoms with van der Waals surface area (Å²) >= 11 is 1.51. The summed E-state index contributed by atoms with van der Waals surface area (Å²) in [5, 5.41) is 13.2. The highest BCUT2D eigenvalue weighted by atomic mass is 32.2. The zero-order valence-corrected chi connectivity index (χ0v) is 12.5. The fourth-order valence-electron chi connectivity index (χ4n) is 2.13. The van der Waals surface area contributed by atoms with E-state index in [1.165, 1.54) is 33.5 Å². The molecule has 1 unspecified atom stereocenters. The lowest BCUT2D eigenvalue weighted by Crippen LogP contribution is -2.50. The van der Waals surface area contributed by atoms with Crippen LogP contribution in [0.25, 0.3) is 0 Å². The van der Waals surface area contributed by atoms with Crippen molar-refractivity contribution in [2.75, 3.05) is 18.1 Å². The van der Waals surface area contributed by atoms with Crippen LogP contribution in [0.5, 0.6) is 0 Å². The van der Waals surface area contributed by atoms with Crippen molar-refractivity contribution in [3.63, 3.8) is 0 Å². The Morgan fingerprint density at radius 1 is 1.48 bits per heavy atom. The second kappa shape index (κ2) is 6.75. The highest BCUT2D eigenvalue weighted by molar-refractivity contribution is 7.99. The van der Waals surface area contributed by atoms with Gasteiger partial charge in [-0.05, 0) is 12.5 Å².